The number of halogens is 1. The molecule has 2 fully saturated rings. The molecule has 0 atom stereocenters. The van der Waals surface area contributed by atoms with Gasteiger partial charge in [-0.15, -0.1) is 0 Å². The van der Waals surface area contributed by atoms with Crippen molar-refractivity contribution >= 4 is 34.8 Å². The molecular formula is C33H37FN8OS. The Morgan fingerprint density at radius 1 is 0.886 bits per heavy atom. The van der Waals surface area contributed by atoms with Crippen LogP contribution in [0.4, 0.5) is 10.2 Å². The van der Waals surface area contributed by atoms with Crippen LogP contribution in [-0.4, -0.2) is 64.2 Å². The van der Waals surface area contributed by atoms with Crippen molar-refractivity contribution in [3.63, 3.8) is 0 Å². The zero-order valence-corrected chi connectivity index (χ0v) is 25.4. The number of rotatable bonds is 9. The van der Waals surface area contributed by atoms with Crippen molar-refractivity contribution in [1.82, 2.24) is 34.0 Å². The van der Waals surface area contributed by atoms with Gasteiger partial charge in [0.15, 0.2) is 0 Å². The molecule has 1 saturated heterocycles. The summed E-state index contributed by atoms with van der Waals surface area (Å²) < 4.78 is 18.3. The van der Waals surface area contributed by atoms with E-state index in [0.717, 1.165) is 72.7 Å². The topological polar surface area (TPSA) is 91.9 Å². The summed E-state index contributed by atoms with van der Waals surface area (Å²) in [4.78, 5) is 29.9. The molecule has 2 N–H and O–H groups in total. The van der Waals surface area contributed by atoms with Crippen molar-refractivity contribution in [2.24, 2.45) is 0 Å². The van der Waals surface area contributed by atoms with Gasteiger partial charge < -0.3 is 19.4 Å². The number of hydrogen-bond donors (Lipinski definition) is 2. The number of carbonyl (C=O) groups excluding carboxylic acids is 1. The van der Waals surface area contributed by atoms with E-state index >= 15 is 0 Å². The maximum Gasteiger partial charge on any atom is 0.255 e. The monoisotopic (exact) mass is 612 g/mol. The Morgan fingerprint density at radius 2 is 1.52 bits per heavy atom. The van der Waals surface area contributed by atoms with Gasteiger partial charge in [0.05, 0.1) is 23.1 Å². The molecule has 1 amide bonds. The molecule has 11 heteroatoms. The molecule has 0 aromatic carbocycles. The summed E-state index contributed by atoms with van der Waals surface area (Å²) in [6.07, 6.45) is 15.0. The molecule has 1 aliphatic heterocycles. The van der Waals surface area contributed by atoms with E-state index in [0.29, 0.717) is 24.9 Å². The van der Waals surface area contributed by atoms with Crippen molar-refractivity contribution < 1.29 is 9.18 Å². The Balaban J connectivity index is 1.03. The average molecular weight is 613 g/mol. The highest BCUT2D eigenvalue weighted by Crippen LogP contribution is 2.28. The van der Waals surface area contributed by atoms with Crippen molar-refractivity contribution in [2.75, 3.05) is 16.8 Å². The molecule has 7 rings (SSSR count). The normalized spacial score (nSPS) is 19.5. The van der Waals surface area contributed by atoms with Crippen LogP contribution < -0.4 is 10.6 Å². The zero-order valence-electron chi connectivity index (χ0n) is 24.6. The fraction of sp³-hybridized carbons (Fsp3) is 0.394. The Hall–Kier alpha value is -3.96. The fourth-order valence-corrected chi connectivity index (χ4v) is 7.57. The van der Waals surface area contributed by atoms with Gasteiger partial charge in [-0.1, -0.05) is 12.1 Å². The number of aromatic nitrogens is 5. The predicted molar refractivity (Wildman–Crippen MR) is 171 cm³/mol. The fourth-order valence-electron chi connectivity index (χ4n) is 6.47. The summed E-state index contributed by atoms with van der Waals surface area (Å²) in [5.74, 6) is 1.86. The molecule has 2 aliphatic rings. The van der Waals surface area contributed by atoms with Crippen LogP contribution in [0.5, 0.6) is 0 Å². The minimum atomic E-state index is -0.502. The SMILES string of the molecule is O=C(NC1CCC(N(Cc2cn3ccccc3n2)Cc2cn3ccccc3n2)CC1)c1cc(F)cnc1NC1CCSCC1. The van der Waals surface area contributed by atoms with Crippen LogP contribution in [0, 0.1) is 5.82 Å². The molecule has 0 radical (unpaired) electrons. The van der Waals surface area contributed by atoms with Gasteiger partial charge in [-0.2, -0.15) is 11.8 Å². The van der Waals surface area contributed by atoms with Gasteiger partial charge in [-0.25, -0.2) is 19.3 Å². The molecule has 6 heterocycles. The van der Waals surface area contributed by atoms with Gasteiger partial charge in [0.2, 0.25) is 0 Å². The van der Waals surface area contributed by atoms with E-state index in [2.05, 4.69) is 41.7 Å². The summed E-state index contributed by atoms with van der Waals surface area (Å²) in [6, 6.07) is 14.0. The van der Waals surface area contributed by atoms with Crippen molar-refractivity contribution in [3.05, 3.63) is 96.2 Å². The van der Waals surface area contributed by atoms with Crippen molar-refractivity contribution in [3.8, 4) is 0 Å². The number of anilines is 1. The molecule has 1 saturated carbocycles. The number of nitrogens with one attached hydrogen (secondary N) is 2. The van der Waals surface area contributed by atoms with Gasteiger partial charge in [0, 0.05) is 56.0 Å². The van der Waals surface area contributed by atoms with Crippen LogP contribution in [0.1, 0.15) is 60.3 Å². The quantitative estimate of drug-likeness (QED) is 0.225. The molecule has 0 bridgehead atoms. The first-order valence-electron chi connectivity index (χ1n) is 15.5. The lowest BCUT2D eigenvalue weighted by Gasteiger charge is -2.36. The van der Waals surface area contributed by atoms with E-state index in [1.54, 1.807) is 0 Å². The third-order valence-corrected chi connectivity index (χ3v) is 9.82. The maximum atomic E-state index is 14.2. The molecule has 228 valence electrons. The Labute approximate surface area is 260 Å². The third kappa shape index (κ3) is 6.58. The molecule has 1 aliphatic carbocycles. The van der Waals surface area contributed by atoms with Crippen molar-refractivity contribution in [1.29, 1.82) is 0 Å². The van der Waals surface area contributed by atoms with Gasteiger partial charge in [0.25, 0.3) is 5.91 Å². The zero-order chi connectivity index (χ0) is 29.9. The maximum absolute atomic E-state index is 14.2. The van der Waals surface area contributed by atoms with E-state index < -0.39 is 5.82 Å². The Kier molecular flexibility index (Phi) is 8.48. The van der Waals surface area contributed by atoms with E-state index in [1.807, 2.05) is 60.6 Å². The van der Waals surface area contributed by atoms with E-state index in [4.69, 9.17) is 9.97 Å². The molecular weight excluding hydrogens is 575 g/mol. The first kappa shape index (κ1) is 28.8. The largest absolute Gasteiger partial charge is 0.367 e. The highest BCUT2D eigenvalue weighted by atomic mass is 32.2. The van der Waals surface area contributed by atoms with E-state index in [9.17, 15) is 9.18 Å². The number of hydrogen-bond acceptors (Lipinski definition) is 7. The molecule has 0 unspecified atom stereocenters. The number of pyridine rings is 3. The average Bonchev–Trinajstić information content (AvgIpc) is 3.65. The second-order valence-electron chi connectivity index (χ2n) is 11.9. The van der Waals surface area contributed by atoms with Crippen LogP contribution >= 0.6 is 11.8 Å². The smallest absolute Gasteiger partial charge is 0.255 e. The van der Waals surface area contributed by atoms with Gasteiger partial charge in [-0.3, -0.25) is 9.69 Å². The standard InChI is InChI=1S/C33H37FN8OS/c34-23-17-29(32(35-18-23)38-25-11-15-44-16-12-25)33(43)39-24-7-9-28(10-8-24)42(21-26-19-40-13-3-1-5-30(40)36-26)22-27-20-41-14-4-2-6-31(41)37-27/h1-6,13-14,17-20,24-25,28H,7-12,15-16,21-22H2,(H,35,38)(H,39,43). The number of thioether (sulfide) groups is 1. The lowest BCUT2D eigenvalue weighted by molar-refractivity contribution is 0.0891. The van der Waals surface area contributed by atoms with Crippen molar-refractivity contribution in [2.45, 2.75) is 69.7 Å². The molecule has 5 aromatic rings. The number of nitrogens with zero attached hydrogens (tertiary/aromatic N) is 6. The number of amides is 1. The lowest BCUT2D eigenvalue weighted by atomic mass is 9.89. The number of carbonyl (C=O) groups is 1. The summed E-state index contributed by atoms with van der Waals surface area (Å²) in [5.41, 5.74) is 4.19. The van der Waals surface area contributed by atoms with Crippen LogP contribution in [-0.2, 0) is 13.1 Å². The molecule has 9 nitrogen and oxygen atoms in total. The summed E-state index contributed by atoms with van der Waals surface area (Å²) in [6.45, 7) is 1.42. The summed E-state index contributed by atoms with van der Waals surface area (Å²) in [7, 11) is 0. The first-order chi connectivity index (χ1) is 21.6. The summed E-state index contributed by atoms with van der Waals surface area (Å²) >= 11 is 1.94. The van der Waals surface area contributed by atoms with Gasteiger partial charge >= 0.3 is 0 Å². The minimum absolute atomic E-state index is 0.0215. The second kappa shape index (κ2) is 13.0. The van der Waals surface area contributed by atoms with Crippen LogP contribution in [0.15, 0.2) is 73.4 Å². The van der Waals surface area contributed by atoms with Crippen LogP contribution in [0.3, 0.4) is 0 Å². The lowest BCUT2D eigenvalue weighted by Crippen LogP contribution is -2.44. The van der Waals surface area contributed by atoms with E-state index in [1.165, 1.54) is 12.3 Å². The molecule has 5 aromatic heterocycles. The highest BCUT2D eigenvalue weighted by Gasteiger charge is 2.29. The Bertz CT molecular complexity index is 1600. The van der Waals surface area contributed by atoms with Gasteiger partial charge in [0.1, 0.15) is 22.9 Å². The van der Waals surface area contributed by atoms with Crippen LogP contribution in [0.25, 0.3) is 11.3 Å². The summed E-state index contributed by atoms with van der Waals surface area (Å²) in [5, 5.41) is 6.60. The molecule has 0 spiro atoms. The highest BCUT2D eigenvalue weighted by molar-refractivity contribution is 7.99. The van der Waals surface area contributed by atoms with Crippen LogP contribution in [0.2, 0.25) is 0 Å². The number of fused-ring (bicyclic) bond motifs is 2. The third-order valence-electron chi connectivity index (χ3n) is 8.77. The minimum Gasteiger partial charge on any atom is -0.367 e. The molecule has 44 heavy (non-hydrogen) atoms. The second-order valence-corrected chi connectivity index (χ2v) is 13.1. The van der Waals surface area contributed by atoms with Gasteiger partial charge in [-0.05, 0) is 80.4 Å². The number of imidazole rings is 2. The predicted octanol–water partition coefficient (Wildman–Crippen LogP) is 5.57. The van der Waals surface area contributed by atoms with E-state index in [-0.39, 0.29) is 23.6 Å². The Morgan fingerprint density at radius 3 is 2.14 bits per heavy atom. The first-order valence-corrected chi connectivity index (χ1v) is 16.6.